The van der Waals surface area contributed by atoms with Crippen LogP contribution in [0.1, 0.15) is 5.56 Å². The van der Waals surface area contributed by atoms with E-state index >= 15 is 0 Å². The van der Waals surface area contributed by atoms with Gasteiger partial charge < -0.3 is 5.73 Å². The molecule has 22 heavy (non-hydrogen) atoms. The number of fused-ring (bicyclic) bond motifs is 2. The molecule has 2 N–H and O–H groups in total. The number of anilines is 1. The van der Waals surface area contributed by atoms with Crippen LogP contribution in [0.25, 0.3) is 43.1 Å². The number of rotatable bonds is 0. The van der Waals surface area contributed by atoms with E-state index in [9.17, 15) is 0 Å². The predicted molar refractivity (Wildman–Crippen MR) is 96.8 cm³/mol. The van der Waals surface area contributed by atoms with E-state index in [1.807, 2.05) is 0 Å². The Balaban J connectivity index is 2.28. The lowest BCUT2D eigenvalue weighted by molar-refractivity contribution is 1.55. The van der Waals surface area contributed by atoms with Crippen molar-refractivity contribution in [1.82, 2.24) is 0 Å². The van der Waals surface area contributed by atoms with E-state index in [4.69, 9.17) is 5.73 Å². The molecule has 5 rings (SSSR count). The summed E-state index contributed by atoms with van der Waals surface area (Å²) < 4.78 is 0. The Labute approximate surface area is 128 Å². The average Bonchev–Trinajstić information content (AvgIpc) is 2.53. The number of benzene rings is 5. The van der Waals surface area contributed by atoms with Crippen molar-refractivity contribution in [1.29, 1.82) is 0 Å². The summed E-state index contributed by atoms with van der Waals surface area (Å²) in [5, 5.41) is 10.4. The lowest BCUT2D eigenvalue weighted by Crippen LogP contribution is -1.90. The quantitative estimate of drug-likeness (QED) is 0.222. The third-order valence-electron chi connectivity index (χ3n) is 4.84. The largest absolute Gasteiger partial charge is 0.399 e. The molecule has 5 aromatic rings. The van der Waals surface area contributed by atoms with Gasteiger partial charge in [0.15, 0.2) is 0 Å². The summed E-state index contributed by atoms with van der Waals surface area (Å²) >= 11 is 0. The lowest BCUT2D eigenvalue weighted by Gasteiger charge is -2.15. The van der Waals surface area contributed by atoms with Crippen LogP contribution in [0.5, 0.6) is 0 Å². The average molecular weight is 281 g/mol. The molecule has 1 heteroatoms. The SMILES string of the molecule is Cc1ccc2c3cc(N)cc4cccc(c5cccc1c52)c43. The summed E-state index contributed by atoms with van der Waals surface area (Å²) in [4.78, 5) is 0. The fourth-order valence-electron chi connectivity index (χ4n) is 3.89. The molecule has 5 aromatic carbocycles. The summed E-state index contributed by atoms with van der Waals surface area (Å²) in [6.45, 7) is 2.18. The van der Waals surface area contributed by atoms with Crippen molar-refractivity contribution in [2.45, 2.75) is 6.92 Å². The third kappa shape index (κ3) is 1.33. The number of nitrogen functional groups attached to an aromatic ring is 1. The van der Waals surface area contributed by atoms with Crippen LogP contribution in [0.3, 0.4) is 0 Å². The van der Waals surface area contributed by atoms with Crippen LogP contribution in [-0.4, -0.2) is 0 Å². The number of aryl methyl sites for hydroxylation is 1. The molecule has 0 aliphatic carbocycles. The van der Waals surface area contributed by atoms with Crippen LogP contribution in [0, 0.1) is 6.92 Å². The second-order valence-electron chi connectivity index (χ2n) is 6.13. The Hall–Kier alpha value is -2.80. The van der Waals surface area contributed by atoms with Gasteiger partial charge >= 0.3 is 0 Å². The molecule has 0 saturated heterocycles. The van der Waals surface area contributed by atoms with Gasteiger partial charge in [-0.05, 0) is 67.7 Å². The van der Waals surface area contributed by atoms with Crippen molar-refractivity contribution < 1.29 is 0 Å². The van der Waals surface area contributed by atoms with Gasteiger partial charge in [-0.15, -0.1) is 0 Å². The van der Waals surface area contributed by atoms with Gasteiger partial charge in [0.05, 0.1) is 0 Å². The van der Waals surface area contributed by atoms with Crippen LogP contribution in [0.2, 0.25) is 0 Å². The molecule has 104 valence electrons. The standard InChI is InChI=1S/C21H15N/c1-12-8-9-18-19-11-14(22)10-13-4-2-6-16(20(13)19)17-7-3-5-15(12)21(17)18/h2-11H,22H2,1H3. The Morgan fingerprint density at radius 2 is 1.32 bits per heavy atom. The number of hydrogen-bond donors (Lipinski definition) is 1. The minimum absolute atomic E-state index is 0.827. The van der Waals surface area contributed by atoms with Crippen LogP contribution >= 0.6 is 0 Å². The van der Waals surface area contributed by atoms with Crippen molar-refractivity contribution in [3.05, 3.63) is 66.2 Å². The first-order valence-corrected chi connectivity index (χ1v) is 7.59. The maximum Gasteiger partial charge on any atom is 0.0326 e. The van der Waals surface area contributed by atoms with Crippen molar-refractivity contribution in [2.24, 2.45) is 0 Å². The molecule has 0 unspecified atom stereocenters. The highest BCUT2D eigenvalue weighted by Crippen LogP contribution is 2.41. The van der Waals surface area contributed by atoms with E-state index in [-0.39, 0.29) is 0 Å². The minimum atomic E-state index is 0.827. The van der Waals surface area contributed by atoms with Crippen LogP contribution < -0.4 is 5.73 Å². The fraction of sp³-hybridized carbons (Fsp3) is 0.0476. The summed E-state index contributed by atoms with van der Waals surface area (Å²) in [6, 6.07) is 21.8. The molecule has 0 aromatic heterocycles. The van der Waals surface area contributed by atoms with E-state index in [1.165, 1.54) is 48.7 Å². The van der Waals surface area contributed by atoms with E-state index in [0.29, 0.717) is 0 Å². The van der Waals surface area contributed by atoms with E-state index in [2.05, 4.69) is 67.6 Å². The molecule has 0 radical (unpaired) electrons. The van der Waals surface area contributed by atoms with Gasteiger partial charge in [0, 0.05) is 5.69 Å². The lowest BCUT2D eigenvalue weighted by atomic mass is 9.88. The van der Waals surface area contributed by atoms with E-state index in [1.54, 1.807) is 0 Å². The Kier molecular flexibility index (Phi) is 2.09. The fourth-order valence-corrected chi connectivity index (χ4v) is 3.89. The van der Waals surface area contributed by atoms with Gasteiger partial charge in [-0.2, -0.15) is 0 Å². The number of hydrogen-bond acceptors (Lipinski definition) is 1. The summed E-state index contributed by atoms with van der Waals surface area (Å²) in [7, 11) is 0. The van der Waals surface area contributed by atoms with Gasteiger partial charge in [0.2, 0.25) is 0 Å². The second-order valence-corrected chi connectivity index (χ2v) is 6.13. The molecule has 0 spiro atoms. The molecule has 0 amide bonds. The van der Waals surface area contributed by atoms with Crippen LogP contribution in [0.15, 0.2) is 60.7 Å². The molecule has 0 aliphatic rings. The zero-order chi connectivity index (χ0) is 14.8. The first-order valence-electron chi connectivity index (χ1n) is 7.59. The molecule has 0 saturated carbocycles. The zero-order valence-corrected chi connectivity index (χ0v) is 12.4. The highest BCUT2D eigenvalue weighted by atomic mass is 14.5. The maximum atomic E-state index is 6.15. The molecular weight excluding hydrogens is 266 g/mol. The molecule has 0 aliphatic heterocycles. The van der Waals surface area contributed by atoms with Crippen molar-refractivity contribution >= 4 is 48.8 Å². The molecule has 1 nitrogen and oxygen atoms in total. The van der Waals surface area contributed by atoms with E-state index < -0.39 is 0 Å². The summed E-state index contributed by atoms with van der Waals surface area (Å²) in [6.07, 6.45) is 0. The zero-order valence-electron chi connectivity index (χ0n) is 12.4. The van der Waals surface area contributed by atoms with Gasteiger partial charge in [0.1, 0.15) is 0 Å². The summed E-state index contributed by atoms with van der Waals surface area (Å²) in [5.41, 5.74) is 8.30. The molecule has 0 fully saturated rings. The van der Waals surface area contributed by atoms with Crippen molar-refractivity contribution in [3.8, 4) is 0 Å². The van der Waals surface area contributed by atoms with Crippen LogP contribution in [-0.2, 0) is 0 Å². The second kappa shape index (κ2) is 3.89. The summed E-state index contributed by atoms with van der Waals surface area (Å²) in [5.74, 6) is 0. The molecule has 0 heterocycles. The van der Waals surface area contributed by atoms with E-state index in [0.717, 1.165) is 5.69 Å². The third-order valence-corrected chi connectivity index (χ3v) is 4.84. The molecular formula is C21H15N. The Morgan fingerprint density at radius 3 is 2.18 bits per heavy atom. The van der Waals surface area contributed by atoms with Crippen LogP contribution in [0.4, 0.5) is 5.69 Å². The van der Waals surface area contributed by atoms with Gasteiger partial charge in [0.25, 0.3) is 0 Å². The Morgan fingerprint density at radius 1 is 0.636 bits per heavy atom. The van der Waals surface area contributed by atoms with Gasteiger partial charge in [-0.25, -0.2) is 0 Å². The minimum Gasteiger partial charge on any atom is -0.399 e. The molecule has 0 bridgehead atoms. The maximum absolute atomic E-state index is 6.15. The highest BCUT2D eigenvalue weighted by Gasteiger charge is 2.13. The molecule has 0 atom stereocenters. The van der Waals surface area contributed by atoms with Crippen molar-refractivity contribution in [2.75, 3.05) is 5.73 Å². The topological polar surface area (TPSA) is 26.0 Å². The first kappa shape index (κ1) is 11.8. The smallest absolute Gasteiger partial charge is 0.0326 e. The first-order chi connectivity index (χ1) is 10.7. The predicted octanol–water partition coefficient (Wildman–Crippen LogP) is 5.63. The number of nitrogens with two attached hydrogens (primary N) is 1. The van der Waals surface area contributed by atoms with Gasteiger partial charge in [-0.3, -0.25) is 0 Å². The van der Waals surface area contributed by atoms with Gasteiger partial charge in [-0.1, -0.05) is 48.5 Å². The highest BCUT2D eigenvalue weighted by molar-refractivity contribution is 6.33. The monoisotopic (exact) mass is 281 g/mol. The van der Waals surface area contributed by atoms with Crippen molar-refractivity contribution in [3.63, 3.8) is 0 Å². The normalized spacial score (nSPS) is 12.0. The Bertz CT molecular complexity index is 1180.